The minimum Gasteiger partial charge on any atom is -0.0776 e. The van der Waals surface area contributed by atoms with Gasteiger partial charge < -0.3 is 0 Å². The Labute approximate surface area is 79.9 Å². The van der Waals surface area contributed by atoms with E-state index in [-0.39, 0.29) is 7.43 Å². The summed E-state index contributed by atoms with van der Waals surface area (Å²) in [6.45, 7) is 0. The highest BCUT2D eigenvalue weighted by molar-refractivity contribution is 5.62. The summed E-state index contributed by atoms with van der Waals surface area (Å²) in [5.74, 6) is 0. The van der Waals surface area contributed by atoms with Crippen LogP contribution in [-0.4, -0.2) is 0 Å². The number of benzene rings is 2. The molecule has 0 aliphatic rings. The van der Waals surface area contributed by atoms with Crippen LogP contribution in [0.5, 0.6) is 0 Å². The van der Waals surface area contributed by atoms with Gasteiger partial charge in [-0.3, -0.25) is 0 Å². The monoisotopic (exact) mass is 170 g/mol. The lowest BCUT2D eigenvalue weighted by Gasteiger charge is -1.98. The Hall–Kier alpha value is -1.56. The van der Waals surface area contributed by atoms with Gasteiger partial charge in [-0.1, -0.05) is 68.1 Å². The molecule has 0 heterocycles. The highest BCUT2D eigenvalue weighted by Gasteiger charge is 1.91. The van der Waals surface area contributed by atoms with Gasteiger partial charge in [-0.25, -0.2) is 0 Å². The van der Waals surface area contributed by atoms with Crippen molar-refractivity contribution >= 4 is 0 Å². The SMILES string of the molecule is C.c1ccc(-c2ccccc2)cc1. The standard InChI is InChI=1S/C12H10.CH4/c1-3-7-11(8-4-1)12-9-5-2-6-10-12;/h1-10H;1H4. The van der Waals surface area contributed by atoms with E-state index in [4.69, 9.17) is 0 Å². The summed E-state index contributed by atoms with van der Waals surface area (Å²) in [7, 11) is 0. The normalized spacial score (nSPS) is 8.92. The van der Waals surface area contributed by atoms with Crippen molar-refractivity contribution in [3.8, 4) is 11.1 Å². The Balaban J connectivity index is 0.000000845. The van der Waals surface area contributed by atoms with Crippen molar-refractivity contribution in [3.05, 3.63) is 60.7 Å². The van der Waals surface area contributed by atoms with E-state index >= 15 is 0 Å². The largest absolute Gasteiger partial charge is 0.0776 e. The second kappa shape index (κ2) is 4.46. The predicted molar refractivity (Wildman–Crippen MR) is 58.6 cm³/mol. The van der Waals surface area contributed by atoms with E-state index < -0.39 is 0 Å². The van der Waals surface area contributed by atoms with Gasteiger partial charge in [0.1, 0.15) is 0 Å². The van der Waals surface area contributed by atoms with Gasteiger partial charge in [-0.2, -0.15) is 0 Å². The number of hydrogen-bond donors (Lipinski definition) is 0. The van der Waals surface area contributed by atoms with E-state index in [1.165, 1.54) is 11.1 Å². The zero-order valence-electron chi connectivity index (χ0n) is 6.77. The maximum absolute atomic E-state index is 2.12. The van der Waals surface area contributed by atoms with E-state index in [1.807, 2.05) is 12.1 Å². The molecule has 0 N–H and O–H groups in total. The molecule has 0 aliphatic carbocycles. The summed E-state index contributed by atoms with van der Waals surface area (Å²) in [5.41, 5.74) is 2.55. The van der Waals surface area contributed by atoms with Gasteiger partial charge in [0.05, 0.1) is 0 Å². The molecule has 0 saturated carbocycles. The fraction of sp³-hybridized carbons (Fsp3) is 0.0769. The topological polar surface area (TPSA) is 0 Å². The van der Waals surface area contributed by atoms with Crippen LogP contribution in [0.2, 0.25) is 0 Å². The van der Waals surface area contributed by atoms with Gasteiger partial charge in [-0.05, 0) is 11.1 Å². The fourth-order valence-electron chi connectivity index (χ4n) is 1.26. The van der Waals surface area contributed by atoms with E-state index in [0.29, 0.717) is 0 Å². The molecule has 0 fully saturated rings. The lowest BCUT2D eigenvalue weighted by atomic mass is 10.1. The lowest BCUT2D eigenvalue weighted by Crippen LogP contribution is -1.73. The highest BCUT2D eigenvalue weighted by Crippen LogP contribution is 2.17. The van der Waals surface area contributed by atoms with Gasteiger partial charge in [0.25, 0.3) is 0 Å². The molecule has 2 aromatic carbocycles. The summed E-state index contributed by atoms with van der Waals surface area (Å²) in [4.78, 5) is 0. The van der Waals surface area contributed by atoms with Crippen molar-refractivity contribution in [2.45, 2.75) is 7.43 Å². The molecular weight excluding hydrogens is 156 g/mol. The summed E-state index contributed by atoms with van der Waals surface area (Å²) < 4.78 is 0. The number of rotatable bonds is 1. The minimum absolute atomic E-state index is 0. The molecule has 0 unspecified atom stereocenters. The van der Waals surface area contributed by atoms with Crippen LogP contribution in [0.25, 0.3) is 11.1 Å². The maximum Gasteiger partial charge on any atom is -0.0184 e. The first kappa shape index (κ1) is 9.53. The highest BCUT2D eigenvalue weighted by atomic mass is 14.0. The van der Waals surface area contributed by atoms with Gasteiger partial charge in [0.15, 0.2) is 0 Å². The molecule has 0 aromatic heterocycles. The van der Waals surface area contributed by atoms with Crippen LogP contribution in [0.4, 0.5) is 0 Å². The van der Waals surface area contributed by atoms with Crippen LogP contribution in [0, 0.1) is 0 Å². The molecule has 0 nitrogen and oxygen atoms in total. The van der Waals surface area contributed by atoms with Crippen molar-refractivity contribution in [1.82, 2.24) is 0 Å². The Morgan fingerprint density at radius 3 is 1.08 bits per heavy atom. The average Bonchev–Trinajstić information content (AvgIpc) is 2.21. The van der Waals surface area contributed by atoms with Crippen molar-refractivity contribution in [2.75, 3.05) is 0 Å². The lowest BCUT2D eigenvalue weighted by molar-refractivity contribution is 1.62. The smallest absolute Gasteiger partial charge is 0.0184 e. The average molecular weight is 170 g/mol. The summed E-state index contributed by atoms with van der Waals surface area (Å²) in [6.07, 6.45) is 0. The first-order valence-electron chi connectivity index (χ1n) is 4.07. The van der Waals surface area contributed by atoms with Crippen LogP contribution in [0.3, 0.4) is 0 Å². The Morgan fingerprint density at radius 2 is 0.769 bits per heavy atom. The Kier molecular flexibility index (Phi) is 3.27. The zero-order chi connectivity index (χ0) is 8.23. The molecule has 0 spiro atoms. The van der Waals surface area contributed by atoms with Gasteiger partial charge in [0.2, 0.25) is 0 Å². The van der Waals surface area contributed by atoms with Crippen LogP contribution >= 0.6 is 0 Å². The van der Waals surface area contributed by atoms with Crippen LogP contribution in [-0.2, 0) is 0 Å². The van der Waals surface area contributed by atoms with Crippen molar-refractivity contribution in [2.24, 2.45) is 0 Å². The second-order valence-corrected chi connectivity index (χ2v) is 2.73. The minimum atomic E-state index is 0. The van der Waals surface area contributed by atoms with Crippen LogP contribution in [0.1, 0.15) is 7.43 Å². The molecule has 2 aromatic rings. The van der Waals surface area contributed by atoms with Crippen LogP contribution in [0.15, 0.2) is 60.7 Å². The van der Waals surface area contributed by atoms with E-state index in [0.717, 1.165) is 0 Å². The third-order valence-corrected chi connectivity index (χ3v) is 1.88. The predicted octanol–water partition coefficient (Wildman–Crippen LogP) is 3.99. The second-order valence-electron chi connectivity index (χ2n) is 2.73. The Morgan fingerprint density at radius 1 is 0.462 bits per heavy atom. The van der Waals surface area contributed by atoms with Gasteiger partial charge >= 0.3 is 0 Å². The van der Waals surface area contributed by atoms with Crippen molar-refractivity contribution < 1.29 is 0 Å². The molecule has 0 aliphatic heterocycles. The molecule has 0 saturated heterocycles. The van der Waals surface area contributed by atoms with Crippen molar-refractivity contribution in [1.29, 1.82) is 0 Å². The molecule has 0 radical (unpaired) electrons. The number of hydrogen-bond acceptors (Lipinski definition) is 0. The molecule has 0 heteroatoms. The molecule has 13 heavy (non-hydrogen) atoms. The summed E-state index contributed by atoms with van der Waals surface area (Å²) in [5, 5.41) is 0. The maximum atomic E-state index is 2.12. The molecule has 0 atom stereocenters. The fourth-order valence-corrected chi connectivity index (χ4v) is 1.26. The van der Waals surface area contributed by atoms with Gasteiger partial charge in [0, 0.05) is 0 Å². The molecule has 2 rings (SSSR count). The van der Waals surface area contributed by atoms with E-state index in [1.54, 1.807) is 0 Å². The van der Waals surface area contributed by atoms with E-state index in [2.05, 4.69) is 48.5 Å². The van der Waals surface area contributed by atoms with Crippen LogP contribution < -0.4 is 0 Å². The Bertz CT molecular complexity index is 297. The first-order chi connectivity index (χ1) is 5.97. The quantitative estimate of drug-likeness (QED) is 0.607. The third kappa shape index (κ3) is 2.19. The molecule has 0 bridgehead atoms. The molecule has 0 amide bonds. The first-order valence-corrected chi connectivity index (χ1v) is 4.07. The molecular formula is C13H14. The summed E-state index contributed by atoms with van der Waals surface area (Å²) in [6, 6.07) is 20.8. The molecule has 66 valence electrons. The third-order valence-electron chi connectivity index (χ3n) is 1.88. The van der Waals surface area contributed by atoms with E-state index in [9.17, 15) is 0 Å². The summed E-state index contributed by atoms with van der Waals surface area (Å²) >= 11 is 0. The zero-order valence-corrected chi connectivity index (χ0v) is 6.77. The van der Waals surface area contributed by atoms with Gasteiger partial charge in [-0.15, -0.1) is 0 Å². The van der Waals surface area contributed by atoms with Crippen molar-refractivity contribution in [3.63, 3.8) is 0 Å².